The molecule has 0 N–H and O–H groups in total. The molecular formula is C10H16O2. The Bertz CT molecular complexity index is 178. The predicted octanol–water partition coefficient (Wildman–Crippen LogP) is 2.30. The topological polar surface area (TPSA) is 34.1 Å². The van der Waals surface area contributed by atoms with E-state index in [0.717, 1.165) is 6.42 Å². The van der Waals surface area contributed by atoms with Crippen LogP contribution >= 0.6 is 0 Å². The fraction of sp³-hybridized carbons (Fsp3) is 0.400. The molecule has 0 aliphatic heterocycles. The first-order valence-electron chi connectivity index (χ1n) is 4.08. The van der Waals surface area contributed by atoms with E-state index in [-0.39, 0.29) is 0 Å². The first-order chi connectivity index (χ1) is 5.76. The standard InChI is InChI=1S/C8H10O2.C2H6/c1-3-5-7(4-2)8(10)6-9;1-2/h4-6H,2-3H2,1H3;1-2H3/b7-5+;. The van der Waals surface area contributed by atoms with Crippen LogP contribution in [-0.2, 0) is 9.59 Å². The van der Waals surface area contributed by atoms with Gasteiger partial charge in [0.2, 0.25) is 5.78 Å². The summed E-state index contributed by atoms with van der Waals surface area (Å²) < 4.78 is 0. The lowest BCUT2D eigenvalue weighted by Crippen LogP contribution is -2.00. The summed E-state index contributed by atoms with van der Waals surface area (Å²) in [4.78, 5) is 20.6. The molecule has 0 fully saturated rings. The molecule has 0 saturated heterocycles. The molecule has 2 heteroatoms. The summed E-state index contributed by atoms with van der Waals surface area (Å²) >= 11 is 0. The molecule has 0 aromatic rings. The van der Waals surface area contributed by atoms with Crippen LogP contribution in [0.1, 0.15) is 27.2 Å². The highest BCUT2D eigenvalue weighted by Gasteiger charge is 2.00. The molecule has 0 unspecified atom stereocenters. The summed E-state index contributed by atoms with van der Waals surface area (Å²) in [6.45, 7) is 9.29. The molecule has 0 heterocycles. The number of hydrogen-bond acceptors (Lipinski definition) is 2. The number of aldehydes is 1. The second kappa shape index (κ2) is 9.82. The normalized spacial score (nSPS) is 9.42. The van der Waals surface area contributed by atoms with Crippen LogP contribution < -0.4 is 0 Å². The zero-order valence-electron chi connectivity index (χ0n) is 7.96. The minimum absolute atomic E-state index is 0.295. The third-order valence-electron chi connectivity index (χ3n) is 1.04. The van der Waals surface area contributed by atoms with Crippen molar-refractivity contribution >= 4 is 12.1 Å². The van der Waals surface area contributed by atoms with Crippen LogP contribution in [0.4, 0.5) is 0 Å². The maximum absolute atomic E-state index is 10.6. The van der Waals surface area contributed by atoms with Crippen molar-refractivity contribution in [3.8, 4) is 0 Å². The third kappa shape index (κ3) is 5.59. The van der Waals surface area contributed by atoms with Crippen LogP contribution in [0.2, 0.25) is 0 Å². The summed E-state index contributed by atoms with van der Waals surface area (Å²) in [6, 6.07) is 0. The Morgan fingerprint density at radius 1 is 1.42 bits per heavy atom. The molecule has 0 aromatic heterocycles. The number of Topliss-reactive ketones (excluding diaryl/α,β-unsaturated/α-hetero) is 1. The lowest BCUT2D eigenvalue weighted by molar-refractivity contribution is -0.127. The fourth-order valence-corrected chi connectivity index (χ4v) is 0.572. The highest BCUT2D eigenvalue weighted by Crippen LogP contribution is 1.97. The summed E-state index contributed by atoms with van der Waals surface area (Å²) in [7, 11) is 0. The summed E-state index contributed by atoms with van der Waals surface area (Å²) in [5.74, 6) is -0.503. The average molecular weight is 168 g/mol. The molecule has 68 valence electrons. The van der Waals surface area contributed by atoms with E-state index in [1.165, 1.54) is 6.08 Å². The molecule has 0 amide bonds. The fourth-order valence-electron chi connectivity index (χ4n) is 0.572. The second-order valence-electron chi connectivity index (χ2n) is 1.75. The van der Waals surface area contributed by atoms with Gasteiger partial charge < -0.3 is 0 Å². The number of allylic oxidation sites excluding steroid dienone is 3. The molecule has 0 aliphatic carbocycles. The van der Waals surface area contributed by atoms with E-state index >= 15 is 0 Å². The van der Waals surface area contributed by atoms with E-state index in [0.29, 0.717) is 11.9 Å². The number of carbonyl (C=O) groups excluding carboxylic acids is 2. The van der Waals surface area contributed by atoms with Crippen molar-refractivity contribution in [3.05, 3.63) is 24.3 Å². The molecule has 0 bridgehead atoms. The lowest BCUT2D eigenvalue weighted by atomic mass is 10.1. The summed E-state index contributed by atoms with van der Waals surface area (Å²) in [5.41, 5.74) is 0.387. The summed E-state index contributed by atoms with van der Waals surface area (Å²) in [5, 5.41) is 0. The van der Waals surface area contributed by atoms with Gasteiger partial charge in [0.25, 0.3) is 0 Å². The third-order valence-corrected chi connectivity index (χ3v) is 1.04. The van der Waals surface area contributed by atoms with Gasteiger partial charge >= 0.3 is 0 Å². The monoisotopic (exact) mass is 168 g/mol. The quantitative estimate of drug-likeness (QED) is 0.279. The van der Waals surface area contributed by atoms with Gasteiger partial charge in [0, 0.05) is 5.57 Å². The van der Waals surface area contributed by atoms with Crippen LogP contribution in [-0.4, -0.2) is 12.1 Å². The Kier molecular flexibility index (Phi) is 11.0. The van der Waals surface area contributed by atoms with Crippen molar-refractivity contribution in [1.29, 1.82) is 0 Å². The van der Waals surface area contributed by atoms with Gasteiger partial charge in [-0.2, -0.15) is 0 Å². The molecule has 2 nitrogen and oxygen atoms in total. The lowest BCUT2D eigenvalue weighted by Gasteiger charge is -1.89. The Morgan fingerprint density at radius 2 is 1.92 bits per heavy atom. The Labute approximate surface area is 74.0 Å². The Morgan fingerprint density at radius 3 is 2.17 bits per heavy atom. The average Bonchev–Trinajstić information content (AvgIpc) is 2.16. The van der Waals surface area contributed by atoms with Gasteiger partial charge in [-0.25, -0.2) is 0 Å². The molecule has 0 radical (unpaired) electrons. The largest absolute Gasteiger partial charge is 0.294 e. The molecule has 0 spiro atoms. The molecule has 0 aromatic carbocycles. The maximum atomic E-state index is 10.6. The number of rotatable bonds is 4. The van der Waals surface area contributed by atoms with Crippen LogP contribution in [0.15, 0.2) is 24.3 Å². The molecule has 12 heavy (non-hydrogen) atoms. The van der Waals surface area contributed by atoms with Gasteiger partial charge in [-0.15, -0.1) is 0 Å². The second-order valence-corrected chi connectivity index (χ2v) is 1.75. The van der Waals surface area contributed by atoms with Crippen molar-refractivity contribution in [2.75, 3.05) is 0 Å². The van der Waals surface area contributed by atoms with E-state index in [2.05, 4.69) is 6.58 Å². The minimum atomic E-state index is -0.503. The summed E-state index contributed by atoms with van der Waals surface area (Å²) in [6.07, 6.45) is 4.09. The van der Waals surface area contributed by atoms with Crippen LogP contribution in [0, 0.1) is 0 Å². The van der Waals surface area contributed by atoms with Crippen molar-refractivity contribution in [1.82, 2.24) is 0 Å². The van der Waals surface area contributed by atoms with Crippen LogP contribution in [0.5, 0.6) is 0 Å². The van der Waals surface area contributed by atoms with Crippen molar-refractivity contribution in [3.63, 3.8) is 0 Å². The van der Waals surface area contributed by atoms with Crippen LogP contribution in [0.3, 0.4) is 0 Å². The van der Waals surface area contributed by atoms with Crippen molar-refractivity contribution < 1.29 is 9.59 Å². The maximum Gasteiger partial charge on any atom is 0.225 e. The number of ketones is 1. The molecule has 0 aliphatic rings. The number of hydrogen-bond donors (Lipinski definition) is 0. The predicted molar refractivity (Wildman–Crippen MR) is 51.0 cm³/mol. The molecule has 0 atom stereocenters. The van der Waals surface area contributed by atoms with Gasteiger partial charge in [0.1, 0.15) is 0 Å². The van der Waals surface area contributed by atoms with Gasteiger partial charge in [-0.1, -0.05) is 39.5 Å². The van der Waals surface area contributed by atoms with E-state index in [4.69, 9.17) is 0 Å². The zero-order valence-corrected chi connectivity index (χ0v) is 7.96. The van der Waals surface area contributed by atoms with Gasteiger partial charge in [-0.3, -0.25) is 9.59 Å². The Hall–Kier alpha value is -1.18. The molecular weight excluding hydrogens is 152 g/mol. The van der Waals surface area contributed by atoms with E-state index < -0.39 is 5.78 Å². The minimum Gasteiger partial charge on any atom is -0.294 e. The highest BCUT2D eigenvalue weighted by molar-refractivity contribution is 6.33. The SMILES string of the molecule is C=C/C(=C\CC)C(=O)C=O.CC. The first-order valence-corrected chi connectivity index (χ1v) is 4.08. The van der Waals surface area contributed by atoms with E-state index in [1.807, 2.05) is 20.8 Å². The van der Waals surface area contributed by atoms with Gasteiger partial charge in [0.05, 0.1) is 0 Å². The Balaban J connectivity index is 0. The van der Waals surface area contributed by atoms with E-state index in [1.54, 1.807) is 6.08 Å². The van der Waals surface area contributed by atoms with Gasteiger partial charge in [0.15, 0.2) is 6.29 Å². The smallest absolute Gasteiger partial charge is 0.225 e. The van der Waals surface area contributed by atoms with Gasteiger partial charge in [-0.05, 0) is 6.42 Å². The van der Waals surface area contributed by atoms with Crippen molar-refractivity contribution in [2.24, 2.45) is 0 Å². The van der Waals surface area contributed by atoms with Crippen molar-refractivity contribution in [2.45, 2.75) is 27.2 Å². The first kappa shape index (κ1) is 13.4. The highest BCUT2D eigenvalue weighted by atomic mass is 16.2. The number of carbonyl (C=O) groups is 2. The molecule has 0 saturated carbocycles. The zero-order chi connectivity index (χ0) is 9.98. The van der Waals surface area contributed by atoms with E-state index in [9.17, 15) is 9.59 Å². The molecule has 0 rings (SSSR count). The van der Waals surface area contributed by atoms with Crippen LogP contribution in [0.25, 0.3) is 0 Å².